The number of benzene rings is 1. The van der Waals surface area contributed by atoms with E-state index in [0.717, 1.165) is 5.56 Å². The van der Waals surface area contributed by atoms with E-state index in [4.69, 9.17) is 9.47 Å². The van der Waals surface area contributed by atoms with Gasteiger partial charge in [0.25, 0.3) is 5.69 Å². The molecule has 0 aromatic heterocycles. The Kier molecular flexibility index (Phi) is 5.70. The van der Waals surface area contributed by atoms with E-state index >= 15 is 0 Å². The largest absolute Gasteiger partial charge is 0.355 e. The molecule has 0 heterocycles. The Hall–Kier alpha value is -1.50. The molecule has 18 heavy (non-hydrogen) atoms. The smallest absolute Gasteiger partial charge is 0.272 e. The molecule has 6 nitrogen and oxygen atoms in total. The Morgan fingerprint density at radius 1 is 1.39 bits per heavy atom. The van der Waals surface area contributed by atoms with E-state index in [1.165, 1.54) is 6.07 Å². The van der Waals surface area contributed by atoms with Crippen molar-refractivity contribution >= 4 is 5.69 Å². The third kappa shape index (κ3) is 3.76. The molecule has 0 atom stereocenters. The molecule has 1 aromatic carbocycles. The van der Waals surface area contributed by atoms with E-state index in [-0.39, 0.29) is 16.9 Å². The van der Waals surface area contributed by atoms with Crippen molar-refractivity contribution in [3.63, 3.8) is 0 Å². The lowest BCUT2D eigenvalue weighted by molar-refractivity contribution is -0.385. The standard InChI is InChI=1S/C12H18N2O4/c1-9-10(5-4-6-11(9)14(15)16)7-13-8-12(17-2)18-3/h4-6,12-13H,7-8H2,1-3H3. The molecule has 0 amide bonds. The van der Waals surface area contributed by atoms with Gasteiger partial charge >= 0.3 is 0 Å². The second kappa shape index (κ2) is 7.05. The lowest BCUT2D eigenvalue weighted by Crippen LogP contribution is -2.29. The molecule has 0 aliphatic rings. The van der Waals surface area contributed by atoms with E-state index in [0.29, 0.717) is 18.7 Å². The van der Waals surface area contributed by atoms with Crippen LogP contribution in [0.2, 0.25) is 0 Å². The predicted molar refractivity (Wildman–Crippen MR) is 67.3 cm³/mol. The summed E-state index contributed by atoms with van der Waals surface area (Å²) in [5.41, 5.74) is 1.72. The Labute approximate surface area is 106 Å². The van der Waals surface area contributed by atoms with Crippen LogP contribution in [0.5, 0.6) is 0 Å². The summed E-state index contributed by atoms with van der Waals surface area (Å²) in [5.74, 6) is 0. The number of nitro groups is 1. The molecule has 0 bridgehead atoms. The van der Waals surface area contributed by atoms with Crippen molar-refractivity contribution in [1.82, 2.24) is 5.32 Å². The van der Waals surface area contributed by atoms with E-state index in [9.17, 15) is 10.1 Å². The first-order chi connectivity index (χ1) is 8.60. The first kappa shape index (κ1) is 14.6. The molecule has 0 radical (unpaired) electrons. The molecule has 6 heteroatoms. The molecule has 0 fully saturated rings. The fourth-order valence-corrected chi connectivity index (χ4v) is 1.65. The van der Waals surface area contributed by atoms with Crippen LogP contribution in [0.15, 0.2) is 18.2 Å². The summed E-state index contributed by atoms with van der Waals surface area (Å²) < 4.78 is 10.1. The zero-order valence-electron chi connectivity index (χ0n) is 10.8. The van der Waals surface area contributed by atoms with Gasteiger partial charge in [0.05, 0.1) is 4.92 Å². The summed E-state index contributed by atoms with van der Waals surface area (Å²) in [6, 6.07) is 5.06. The zero-order chi connectivity index (χ0) is 13.5. The highest BCUT2D eigenvalue weighted by atomic mass is 16.7. The van der Waals surface area contributed by atoms with Crippen LogP contribution < -0.4 is 5.32 Å². The Morgan fingerprint density at radius 3 is 2.61 bits per heavy atom. The molecule has 0 unspecified atom stereocenters. The highest BCUT2D eigenvalue weighted by Gasteiger charge is 2.13. The summed E-state index contributed by atoms with van der Waals surface area (Å²) in [6.45, 7) is 2.81. The Balaban J connectivity index is 2.63. The van der Waals surface area contributed by atoms with Crippen molar-refractivity contribution in [2.75, 3.05) is 20.8 Å². The van der Waals surface area contributed by atoms with Gasteiger partial charge in [0.15, 0.2) is 6.29 Å². The van der Waals surface area contributed by atoms with Crippen molar-refractivity contribution in [1.29, 1.82) is 0 Å². The number of nitrogens with one attached hydrogen (secondary N) is 1. The van der Waals surface area contributed by atoms with Gasteiger partial charge in [-0.3, -0.25) is 10.1 Å². The van der Waals surface area contributed by atoms with Crippen molar-refractivity contribution in [2.45, 2.75) is 19.8 Å². The fraction of sp³-hybridized carbons (Fsp3) is 0.500. The monoisotopic (exact) mass is 254 g/mol. The first-order valence-corrected chi connectivity index (χ1v) is 5.59. The summed E-state index contributed by atoms with van der Waals surface area (Å²) in [4.78, 5) is 10.4. The first-order valence-electron chi connectivity index (χ1n) is 5.59. The van der Waals surface area contributed by atoms with Gasteiger partial charge in [0, 0.05) is 38.9 Å². The number of nitro benzene ring substituents is 1. The van der Waals surface area contributed by atoms with Crippen LogP contribution in [-0.2, 0) is 16.0 Å². The predicted octanol–water partition coefficient (Wildman–Crippen LogP) is 1.61. The second-order valence-corrected chi connectivity index (χ2v) is 3.85. The van der Waals surface area contributed by atoms with Crippen LogP contribution in [0.3, 0.4) is 0 Å². The molecule has 100 valence electrons. The molecular weight excluding hydrogens is 236 g/mol. The molecule has 1 rings (SSSR count). The summed E-state index contributed by atoms with van der Waals surface area (Å²) in [6.07, 6.45) is -0.316. The Morgan fingerprint density at radius 2 is 2.06 bits per heavy atom. The highest BCUT2D eigenvalue weighted by Crippen LogP contribution is 2.20. The molecule has 1 N–H and O–H groups in total. The maximum absolute atomic E-state index is 10.8. The minimum atomic E-state index is -0.369. The third-order valence-corrected chi connectivity index (χ3v) is 2.77. The number of methoxy groups -OCH3 is 2. The topological polar surface area (TPSA) is 73.6 Å². The molecule has 0 saturated heterocycles. The average molecular weight is 254 g/mol. The van der Waals surface area contributed by atoms with Crippen LogP contribution in [-0.4, -0.2) is 32.0 Å². The molecule has 1 aromatic rings. The highest BCUT2D eigenvalue weighted by molar-refractivity contribution is 5.44. The van der Waals surface area contributed by atoms with Crippen LogP contribution in [0.4, 0.5) is 5.69 Å². The quantitative estimate of drug-likeness (QED) is 0.454. The van der Waals surface area contributed by atoms with Gasteiger partial charge in [-0.2, -0.15) is 0 Å². The van der Waals surface area contributed by atoms with Gasteiger partial charge in [-0.1, -0.05) is 12.1 Å². The van der Waals surface area contributed by atoms with Gasteiger partial charge in [0.1, 0.15) is 0 Å². The normalized spacial score (nSPS) is 10.9. The summed E-state index contributed by atoms with van der Waals surface area (Å²) >= 11 is 0. The van der Waals surface area contributed by atoms with Crippen LogP contribution in [0.25, 0.3) is 0 Å². The fourth-order valence-electron chi connectivity index (χ4n) is 1.65. The molecule has 0 spiro atoms. The zero-order valence-corrected chi connectivity index (χ0v) is 10.8. The number of hydrogen-bond donors (Lipinski definition) is 1. The lowest BCUT2D eigenvalue weighted by atomic mass is 10.1. The van der Waals surface area contributed by atoms with Crippen molar-refractivity contribution in [3.8, 4) is 0 Å². The second-order valence-electron chi connectivity index (χ2n) is 3.85. The van der Waals surface area contributed by atoms with Gasteiger partial charge in [-0.05, 0) is 12.5 Å². The van der Waals surface area contributed by atoms with Crippen molar-refractivity contribution in [2.24, 2.45) is 0 Å². The minimum Gasteiger partial charge on any atom is -0.355 e. The number of hydrogen-bond acceptors (Lipinski definition) is 5. The summed E-state index contributed by atoms with van der Waals surface area (Å²) in [7, 11) is 3.13. The summed E-state index contributed by atoms with van der Waals surface area (Å²) in [5, 5.41) is 13.9. The third-order valence-electron chi connectivity index (χ3n) is 2.77. The number of ether oxygens (including phenoxy) is 2. The van der Waals surface area contributed by atoms with Crippen LogP contribution >= 0.6 is 0 Å². The Bertz CT molecular complexity index is 405. The lowest BCUT2D eigenvalue weighted by Gasteiger charge is -2.14. The van der Waals surface area contributed by atoms with E-state index in [1.54, 1.807) is 27.2 Å². The number of rotatable bonds is 7. The van der Waals surface area contributed by atoms with Crippen LogP contribution in [0, 0.1) is 17.0 Å². The molecule has 0 aliphatic carbocycles. The van der Waals surface area contributed by atoms with Crippen LogP contribution in [0.1, 0.15) is 11.1 Å². The molecule has 0 saturated carbocycles. The molecule has 0 aliphatic heterocycles. The molecular formula is C12H18N2O4. The van der Waals surface area contributed by atoms with E-state index in [1.807, 2.05) is 6.07 Å². The van der Waals surface area contributed by atoms with E-state index in [2.05, 4.69) is 5.32 Å². The van der Waals surface area contributed by atoms with Gasteiger partial charge in [-0.25, -0.2) is 0 Å². The van der Waals surface area contributed by atoms with E-state index < -0.39 is 0 Å². The van der Waals surface area contributed by atoms with Crippen molar-refractivity contribution in [3.05, 3.63) is 39.4 Å². The van der Waals surface area contributed by atoms with Gasteiger partial charge in [-0.15, -0.1) is 0 Å². The average Bonchev–Trinajstić information content (AvgIpc) is 2.36. The minimum absolute atomic E-state index is 0.143. The maximum atomic E-state index is 10.8. The number of nitrogens with zero attached hydrogens (tertiary/aromatic N) is 1. The van der Waals surface area contributed by atoms with Gasteiger partial charge in [0.2, 0.25) is 0 Å². The van der Waals surface area contributed by atoms with Crippen molar-refractivity contribution < 1.29 is 14.4 Å². The van der Waals surface area contributed by atoms with Gasteiger partial charge < -0.3 is 14.8 Å². The SMILES string of the molecule is COC(CNCc1cccc([N+](=O)[O-])c1C)OC. The maximum Gasteiger partial charge on any atom is 0.272 e.